The number of carbonyl (C=O) groups is 1. The van der Waals surface area contributed by atoms with Crippen LogP contribution in [0.25, 0.3) is 22.3 Å². The quantitative estimate of drug-likeness (QED) is 0.715. The Bertz CT molecular complexity index is 1100. The molecular formula is C17H15N3O5. The van der Waals surface area contributed by atoms with Crippen molar-refractivity contribution in [2.45, 2.75) is 0 Å². The van der Waals surface area contributed by atoms with Gasteiger partial charge >= 0.3 is 11.7 Å². The number of aryl methyl sites for hydroxylation is 1. The second-order valence-electron chi connectivity index (χ2n) is 5.26. The van der Waals surface area contributed by atoms with Gasteiger partial charge in [-0.15, -0.1) is 0 Å². The molecule has 8 heteroatoms. The fourth-order valence-corrected chi connectivity index (χ4v) is 2.60. The summed E-state index contributed by atoms with van der Waals surface area (Å²) < 4.78 is 11.3. The Hall–Kier alpha value is -3.42. The van der Waals surface area contributed by atoms with E-state index in [2.05, 4.69) is 9.97 Å². The van der Waals surface area contributed by atoms with E-state index in [4.69, 9.17) is 9.47 Å². The fraction of sp³-hybridized carbons (Fsp3) is 0.176. The van der Waals surface area contributed by atoms with E-state index in [1.54, 1.807) is 24.3 Å². The number of hydrogen-bond acceptors (Lipinski definition) is 6. The highest BCUT2D eigenvalue weighted by Crippen LogP contribution is 2.30. The molecule has 0 bridgehead atoms. The van der Waals surface area contributed by atoms with Gasteiger partial charge in [-0.3, -0.25) is 14.3 Å². The van der Waals surface area contributed by atoms with E-state index < -0.39 is 17.2 Å². The molecule has 1 N–H and O–H groups in total. The lowest BCUT2D eigenvalue weighted by atomic mass is 10.1. The van der Waals surface area contributed by atoms with Gasteiger partial charge in [-0.05, 0) is 18.2 Å². The summed E-state index contributed by atoms with van der Waals surface area (Å²) in [6.07, 6.45) is 0. The van der Waals surface area contributed by atoms with Crippen molar-refractivity contribution in [1.82, 2.24) is 14.5 Å². The van der Waals surface area contributed by atoms with Crippen molar-refractivity contribution < 1.29 is 14.3 Å². The molecule has 8 nitrogen and oxygen atoms in total. The van der Waals surface area contributed by atoms with Crippen LogP contribution in [0.4, 0.5) is 0 Å². The zero-order valence-corrected chi connectivity index (χ0v) is 13.8. The summed E-state index contributed by atoms with van der Waals surface area (Å²) in [4.78, 5) is 42.9. The van der Waals surface area contributed by atoms with Crippen LogP contribution in [-0.2, 0) is 11.8 Å². The van der Waals surface area contributed by atoms with Crippen LogP contribution < -0.4 is 16.0 Å². The number of methoxy groups -OCH3 is 2. The Morgan fingerprint density at radius 2 is 1.92 bits per heavy atom. The van der Waals surface area contributed by atoms with Crippen LogP contribution in [0.15, 0.2) is 39.9 Å². The minimum Gasteiger partial charge on any atom is -0.496 e. The molecule has 0 spiro atoms. The van der Waals surface area contributed by atoms with Gasteiger partial charge in [0, 0.05) is 12.6 Å². The van der Waals surface area contributed by atoms with Gasteiger partial charge in [0.15, 0.2) is 5.65 Å². The lowest BCUT2D eigenvalue weighted by molar-refractivity contribution is 0.0603. The van der Waals surface area contributed by atoms with Crippen LogP contribution in [0.1, 0.15) is 10.4 Å². The topological polar surface area (TPSA) is 103 Å². The van der Waals surface area contributed by atoms with Crippen LogP contribution >= 0.6 is 0 Å². The Morgan fingerprint density at radius 3 is 2.60 bits per heavy atom. The average molecular weight is 341 g/mol. The van der Waals surface area contributed by atoms with E-state index in [1.165, 1.54) is 31.9 Å². The molecule has 3 aromatic rings. The summed E-state index contributed by atoms with van der Waals surface area (Å²) in [7, 11) is 4.19. The molecule has 0 aliphatic heterocycles. The fourth-order valence-electron chi connectivity index (χ4n) is 2.60. The van der Waals surface area contributed by atoms with Crippen molar-refractivity contribution in [1.29, 1.82) is 0 Å². The van der Waals surface area contributed by atoms with E-state index in [1.807, 2.05) is 0 Å². The zero-order valence-electron chi connectivity index (χ0n) is 13.8. The third-order valence-electron chi connectivity index (χ3n) is 3.86. The predicted molar refractivity (Wildman–Crippen MR) is 90.9 cm³/mol. The number of aromatic amines is 1. The number of para-hydroxylation sites is 1. The maximum atomic E-state index is 12.2. The van der Waals surface area contributed by atoms with E-state index in [0.29, 0.717) is 17.0 Å². The van der Waals surface area contributed by atoms with Crippen LogP contribution in [0.5, 0.6) is 5.75 Å². The number of H-pyrrole nitrogens is 1. The first-order valence-corrected chi connectivity index (χ1v) is 7.33. The predicted octanol–water partition coefficient (Wildman–Crippen LogP) is 1.08. The Morgan fingerprint density at radius 1 is 1.20 bits per heavy atom. The first-order chi connectivity index (χ1) is 12.0. The molecule has 2 heterocycles. The summed E-state index contributed by atoms with van der Waals surface area (Å²) in [6, 6.07) is 8.55. The second kappa shape index (κ2) is 6.23. The van der Waals surface area contributed by atoms with Gasteiger partial charge in [0.1, 0.15) is 5.75 Å². The summed E-state index contributed by atoms with van der Waals surface area (Å²) >= 11 is 0. The molecule has 128 valence electrons. The highest BCUT2D eigenvalue weighted by Gasteiger charge is 2.20. The number of aromatic nitrogens is 3. The first-order valence-electron chi connectivity index (χ1n) is 7.33. The normalized spacial score (nSPS) is 10.7. The van der Waals surface area contributed by atoms with Gasteiger partial charge in [0.2, 0.25) is 0 Å². The van der Waals surface area contributed by atoms with Gasteiger partial charge in [0.05, 0.1) is 30.9 Å². The molecule has 0 saturated carbocycles. The largest absolute Gasteiger partial charge is 0.496 e. The highest BCUT2D eigenvalue weighted by atomic mass is 16.5. The maximum absolute atomic E-state index is 12.2. The summed E-state index contributed by atoms with van der Waals surface area (Å²) in [5, 5.41) is -0.00685. The number of fused-ring (bicyclic) bond motifs is 1. The smallest absolute Gasteiger partial charge is 0.338 e. The summed E-state index contributed by atoms with van der Waals surface area (Å²) in [6.45, 7) is 0. The van der Waals surface area contributed by atoms with E-state index in [0.717, 1.165) is 0 Å². The molecule has 2 aromatic heterocycles. The molecule has 0 unspecified atom stereocenters. The molecule has 0 amide bonds. The van der Waals surface area contributed by atoms with Gasteiger partial charge in [0.25, 0.3) is 5.56 Å². The zero-order chi connectivity index (χ0) is 18.1. The van der Waals surface area contributed by atoms with Crippen LogP contribution in [0, 0.1) is 0 Å². The lowest BCUT2D eigenvalue weighted by Crippen LogP contribution is -2.30. The number of pyridine rings is 1. The number of nitrogens with zero attached hydrogens (tertiary/aromatic N) is 2. The maximum Gasteiger partial charge on any atom is 0.338 e. The van der Waals surface area contributed by atoms with Gasteiger partial charge < -0.3 is 9.47 Å². The molecule has 3 rings (SSSR count). The Labute approximate surface area is 141 Å². The third-order valence-corrected chi connectivity index (χ3v) is 3.86. The van der Waals surface area contributed by atoms with Gasteiger partial charge in [-0.25, -0.2) is 14.6 Å². The first kappa shape index (κ1) is 16.4. The molecule has 0 aliphatic rings. The van der Waals surface area contributed by atoms with Crippen molar-refractivity contribution in [3.05, 3.63) is 56.7 Å². The van der Waals surface area contributed by atoms with E-state index in [-0.39, 0.29) is 16.6 Å². The number of ether oxygens (including phenoxy) is 2. The molecule has 0 fully saturated rings. The SMILES string of the molecule is COC(=O)c1cc(-c2ccccc2OC)nc2c1c(=O)[nH]c(=O)n2C. The minimum atomic E-state index is -0.701. The highest BCUT2D eigenvalue weighted by molar-refractivity contribution is 6.03. The van der Waals surface area contributed by atoms with E-state index in [9.17, 15) is 14.4 Å². The lowest BCUT2D eigenvalue weighted by Gasteiger charge is -2.12. The average Bonchev–Trinajstić information content (AvgIpc) is 2.64. The molecule has 25 heavy (non-hydrogen) atoms. The molecular weight excluding hydrogens is 326 g/mol. The van der Waals surface area contributed by atoms with Crippen molar-refractivity contribution >= 4 is 17.0 Å². The van der Waals surface area contributed by atoms with Crippen LogP contribution in [-0.4, -0.2) is 34.7 Å². The molecule has 0 saturated heterocycles. The van der Waals surface area contributed by atoms with Crippen molar-refractivity contribution in [2.24, 2.45) is 7.05 Å². The molecule has 0 radical (unpaired) electrons. The number of benzene rings is 1. The van der Waals surface area contributed by atoms with Gasteiger partial charge in [-0.2, -0.15) is 0 Å². The number of esters is 1. The summed E-state index contributed by atoms with van der Waals surface area (Å²) in [5.74, 6) is -0.160. The minimum absolute atomic E-state index is 0.00685. The Kier molecular flexibility index (Phi) is 4.10. The molecule has 0 aliphatic carbocycles. The number of hydrogen-bond donors (Lipinski definition) is 1. The van der Waals surface area contributed by atoms with E-state index >= 15 is 0 Å². The monoisotopic (exact) mass is 341 g/mol. The number of carbonyl (C=O) groups excluding carboxylic acids is 1. The standard InChI is InChI=1S/C17H15N3O5/c1-20-14-13(15(21)19-17(20)23)10(16(22)25-3)8-11(18-14)9-6-4-5-7-12(9)24-2/h4-8H,1-3H3,(H,19,21,23). The number of nitrogens with one attached hydrogen (secondary N) is 1. The third kappa shape index (κ3) is 2.67. The van der Waals surface area contributed by atoms with Crippen molar-refractivity contribution in [3.8, 4) is 17.0 Å². The summed E-state index contributed by atoms with van der Waals surface area (Å²) in [5.41, 5.74) is -0.228. The number of rotatable bonds is 3. The van der Waals surface area contributed by atoms with Gasteiger partial charge in [-0.1, -0.05) is 12.1 Å². The van der Waals surface area contributed by atoms with Crippen LogP contribution in [0.2, 0.25) is 0 Å². The molecule has 1 aromatic carbocycles. The van der Waals surface area contributed by atoms with Crippen molar-refractivity contribution in [3.63, 3.8) is 0 Å². The molecule has 0 atom stereocenters. The van der Waals surface area contributed by atoms with Crippen molar-refractivity contribution in [2.75, 3.05) is 14.2 Å². The van der Waals surface area contributed by atoms with Crippen LogP contribution in [0.3, 0.4) is 0 Å². The Balaban J connectivity index is 2.47. The second-order valence-corrected chi connectivity index (χ2v) is 5.26.